The van der Waals surface area contributed by atoms with E-state index in [2.05, 4.69) is 24.1 Å². The van der Waals surface area contributed by atoms with Gasteiger partial charge in [-0.25, -0.2) is 9.59 Å². The maximum atomic E-state index is 11.8. The van der Waals surface area contributed by atoms with Gasteiger partial charge in [0, 0.05) is 6.04 Å². The van der Waals surface area contributed by atoms with E-state index < -0.39 is 18.0 Å². The van der Waals surface area contributed by atoms with Gasteiger partial charge in [0.2, 0.25) is 0 Å². The van der Waals surface area contributed by atoms with Crippen LogP contribution in [0.4, 0.5) is 4.79 Å². The Morgan fingerprint density at radius 2 is 2.00 bits per heavy atom. The highest BCUT2D eigenvalue weighted by Crippen LogP contribution is 2.27. The first-order chi connectivity index (χ1) is 9.56. The van der Waals surface area contributed by atoms with Gasteiger partial charge in [0.1, 0.15) is 6.04 Å². The van der Waals surface area contributed by atoms with Gasteiger partial charge in [0.15, 0.2) is 0 Å². The van der Waals surface area contributed by atoms with E-state index in [1.54, 1.807) is 0 Å². The lowest BCUT2D eigenvalue weighted by Crippen LogP contribution is -2.49. The summed E-state index contributed by atoms with van der Waals surface area (Å²) in [6.45, 7) is 5.69. The Kier molecular flexibility index (Phi) is 7.12. The summed E-state index contributed by atoms with van der Waals surface area (Å²) in [6, 6.07) is -1.12. The monoisotopic (exact) mass is 282 g/mol. The number of amides is 2. The van der Waals surface area contributed by atoms with Crippen LogP contribution in [-0.2, 0) is 4.79 Å². The summed E-state index contributed by atoms with van der Waals surface area (Å²) in [6.07, 6.45) is 8.46. The number of urea groups is 1. The number of carboxylic acid groups (broad SMARTS) is 1. The number of hydrogen-bond acceptors (Lipinski definition) is 2. The van der Waals surface area contributed by atoms with Crippen molar-refractivity contribution in [1.82, 2.24) is 10.6 Å². The molecule has 1 saturated carbocycles. The van der Waals surface area contributed by atoms with Gasteiger partial charge in [-0.3, -0.25) is 0 Å². The Morgan fingerprint density at radius 3 is 2.50 bits per heavy atom. The molecule has 0 bridgehead atoms. The summed E-state index contributed by atoms with van der Waals surface area (Å²) >= 11 is 0. The Hall–Kier alpha value is -1.52. The van der Waals surface area contributed by atoms with Crippen LogP contribution in [-0.4, -0.2) is 29.2 Å². The van der Waals surface area contributed by atoms with E-state index in [9.17, 15) is 9.59 Å². The molecule has 5 nitrogen and oxygen atoms in total. The molecule has 0 radical (unpaired) electrons. The minimum absolute atomic E-state index is 0.168. The van der Waals surface area contributed by atoms with E-state index in [1.807, 2.05) is 0 Å². The average molecular weight is 282 g/mol. The van der Waals surface area contributed by atoms with Crippen molar-refractivity contribution >= 4 is 12.0 Å². The third-order valence-electron chi connectivity index (χ3n) is 3.88. The number of hydrogen-bond donors (Lipinski definition) is 3. The van der Waals surface area contributed by atoms with Crippen LogP contribution < -0.4 is 10.6 Å². The van der Waals surface area contributed by atoms with Gasteiger partial charge in [0.25, 0.3) is 0 Å². The molecule has 0 aromatic heterocycles. The van der Waals surface area contributed by atoms with Gasteiger partial charge >= 0.3 is 12.0 Å². The molecule has 0 aromatic carbocycles. The van der Waals surface area contributed by atoms with E-state index in [4.69, 9.17) is 5.11 Å². The van der Waals surface area contributed by atoms with Gasteiger partial charge < -0.3 is 15.7 Å². The third kappa shape index (κ3) is 5.63. The first kappa shape index (κ1) is 16.5. The SMILES string of the molecule is C=CCC(NC(=O)NC1CCC(CCC)CC1)C(=O)O. The summed E-state index contributed by atoms with van der Waals surface area (Å²) in [7, 11) is 0. The highest BCUT2D eigenvalue weighted by atomic mass is 16.4. The topological polar surface area (TPSA) is 78.4 Å². The van der Waals surface area contributed by atoms with Gasteiger partial charge in [-0.15, -0.1) is 6.58 Å². The first-order valence-electron chi connectivity index (χ1n) is 7.47. The normalized spacial score (nSPS) is 23.6. The number of carboxylic acids is 1. The zero-order valence-corrected chi connectivity index (χ0v) is 12.2. The quantitative estimate of drug-likeness (QED) is 0.628. The van der Waals surface area contributed by atoms with Crippen LogP contribution in [0.15, 0.2) is 12.7 Å². The maximum absolute atomic E-state index is 11.8. The van der Waals surface area contributed by atoms with E-state index in [-0.39, 0.29) is 12.5 Å². The lowest BCUT2D eigenvalue weighted by Gasteiger charge is -2.29. The minimum Gasteiger partial charge on any atom is -0.480 e. The second-order valence-corrected chi connectivity index (χ2v) is 5.54. The molecular formula is C15H26N2O3. The van der Waals surface area contributed by atoms with Crippen molar-refractivity contribution in [3.05, 3.63) is 12.7 Å². The van der Waals surface area contributed by atoms with Crippen LogP contribution in [0.2, 0.25) is 0 Å². The fourth-order valence-corrected chi connectivity index (χ4v) is 2.78. The van der Waals surface area contributed by atoms with Crippen LogP contribution in [0.25, 0.3) is 0 Å². The summed E-state index contributed by atoms with van der Waals surface area (Å²) in [5, 5.41) is 14.3. The summed E-state index contributed by atoms with van der Waals surface area (Å²) in [5.74, 6) is -0.250. The first-order valence-corrected chi connectivity index (χ1v) is 7.47. The average Bonchev–Trinajstić information content (AvgIpc) is 2.40. The molecule has 1 rings (SSSR count). The molecule has 1 unspecified atom stereocenters. The standard InChI is InChI=1S/C15H26N2O3/c1-3-5-11-7-9-12(10-8-11)16-15(20)17-13(6-4-2)14(18)19/h4,11-13H,2-3,5-10H2,1H3,(H,18,19)(H2,16,17,20). The largest absolute Gasteiger partial charge is 0.480 e. The molecule has 1 atom stereocenters. The van der Waals surface area contributed by atoms with Crippen molar-refractivity contribution in [3.63, 3.8) is 0 Å². The number of aliphatic carboxylic acids is 1. The minimum atomic E-state index is -1.04. The second kappa shape index (κ2) is 8.61. The number of rotatable bonds is 7. The van der Waals surface area contributed by atoms with Crippen molar-refractivity contribution in [2.24, 2.45) is 5.92 Å². The molecule has 5 heteroatoms. The molecule has 3 N–H and O–H groups in total. The fourth-order valence-electron chi connectivity index (χ4n) is 2.78. The summed E-state index contributed by atoms with van der Waals surface area (Å²) in [5.41, 5.74) is 0. The molecule has 114 valence electrons. The van der Waals surface area contributed by atoms with Gasteiger partial charge in [-0.05, 0) is 38.0 Å². The Labute approximate surface area is 120 Å². The molecule has 0 aliphatic heterocycles. The van der Waals surface area contributed by atoms with E-state index in [0.29, 0.717) is 0 Å². The summed E-state index contributed by atoms with van der Waals surface area (Å²) in [4.78, 5) is 22.7. The van der Waals surface area contributed by atoms with Crippen LogP contribution in [0.3, 0.4) is 0 Å². The third-order valence-corrected chi connectivity index (χ3v) is 3.88. The molecule has 0 heterocycles. The van der Waals surface area contributed by atoms with Crippen molar-refractivity contribution < 1.29 is 14.7 Å². The fraction of sp³-hybridized carbons (Fsp3) is 0.733. The highest BCUT2D eigenvalue weighted by Gasteiger charge is 2.24. The molecular weight excluding hydrogens is 256 g/mol. The molecule has 1 fully saturated rings. The Bertz CT molecular complexity index is 336. The second-order valence-electron chi connectivity index (χ2n) is 5.54. The Balaban J connectivity index is 2.32. The highest BCUT2D eigenvalue weighted by molar-refractivity contribution is 5.82. The van der Waals surface area contributed by atoms with Gasteiger partial charge in [-0.1, -0.05) is 25.8 Å². The van der Waals surface area contributed by atoms with Gasteiger partial charge in [0.05, 0.1) is 0 Å². The lowest BCUT2D eigenvalue weighted by atomic mass is 9.83. The van der Waals surface area contributed by atoms with Gasteiger partial charge in [-0.2, -0.15) is 0 Å². The predicted octanol–water partition coefficient (Wildman–Crippen LogP) is 2.67. The lowest BCUT2D eigenvalue weighted by molar-refractivity contribution is -0.139. The Morgan fingerprint density at radius 1 is 1.35 bits per heavy atom. The number of carbonyl (C=O) groups excluding carboxylic acids is 1. The van der Waals surface area contributed by atoms with Crippen LogP contribution in [0.1, 0.15) is 51.9 Å². The maximum Gasteiger partial charge on any atom is 0.326 e. The summed E-state index contributed by atoms with van der Waals surface area (Å²) < 4.78 is 0. The molecule has 2 amide bonds. The van der Waals surface area contributed by atoms with Crippen molar-refractivity contribution in [2.45, 2.75) is 64.0 Å². The van der Waals surface area contributed by atoms with Crippen LogP contribution >= 0.6 is 0 Å². The zero-order chi connectivity index (χ0) is 15.0. The predicted molar refractivity (Wildman–Crippen MR) is 78.6 cm³/mol. The zero-order valence-electron chi connectivity index (χ0n) is 12.2. The van der Waals surface area contributed by atoms with E-state index in [1.165, 1.54) is 18.9 Å². The van der Waals surface area contributed by atoms with Crippen molar-refractivity contribution in [2.75, 3.05) is 0 Å². The number of nitrogens with one attached hydrogen (secondary N) is 2. The van der Waals surface area contributed by atoms with Crippen molar-refractivity contribution in [1.29, 1.82) is 0 Å². The van der Waals surface area contributed by atoms with E-state index >= 15 is 0 Å². The molecule has 0 aromatic rings. The molecule has 0 spiro atoms. The van der Waals surface area contributed by atoms with E-state index in [0.717, 1.165) is 31.6 Å². The smallest absolute Gasteiger partial charge is 0.326 e. The van der Waals surface area contributed by atoms with Crippen LogP contribution in [0.5, 0.6) is 0 Å². The molecule has 20 heavy (non-hydrogen) atoms. The number of carbonyl (C=O) groups is 2. The molecule has 1 aliphatic carbocycles. The molecule has 1 aliphatic rings. The molecule has 0 saturated heterocycles. The van der Waals surface area contributed by atoms with Crippen molar-refractivity contribution in [3.8, 4) is 0 Å². The van der Waals surface area contributed by atoms with Crippen LogP contribution in [0, 0.1) is 5.92 Å².